The highest BCUT2D eigenvalue weighted by Crippen LogP contribution is 2.26. The van der Waals surface area contributed by atoms with Gasteiger partial charge in [-0.25, -0.2) is 9.18 Å². The number of nitrogens with one attached hydrogen (secondary N) is 2. The van der Waals surface area contributed by atoms with Gasteiger partial charge >= 0.3 is 6.03 Å². The first-order valence-corrected chi connectivity index (χ1v) is 8.96. The van der Waals surface area contributed by atoms with Crippen molar-refractivity contribution in [3.63, 3.8) is 0 Å². The minimum Gasteiger partial charge on any atom is -0.493 e. The van der Waals surface area contributed by atoms with Gasteiger partial charge in [0.15, 0.2) is 0 Å². The molecule has 2 aliphatic rings. The zero-order valence-corrected chi connectivity index (χ0v) is 14.5. The van der Waals surface area contributed by atoms with Crippen LogP contribution in [0.3, 0.4) is 0 Å². The number of carbonyl (C=O) groups is 1. The van der Waals surface area contributed by atoms with Crippen LogP contribution in [0.4, 0.5) is 14.9 Å². The lowest BCUT2D eigenvalue weighted by Gasteiger charge is -2.17. The van der Waals surface area contributed by atoms with Crippen molar-refractivity contribution in [2.45, 2.75) is 25.4 Å². The number of halogens is 1. The lowest BCUT2D eigenvalue weighted by molar-refractivity contribution is 0.247. The Morgan fingerprint density at radius 2 is 2.08 bits per heavy atom. The minimum absolute atomic E-state index is 0.119. The van der Waals surface area contributed by atoms with Crippen molar-refractivity contribution in [2.24, 2.45) is 0 Å². The van der Waals surface area contributed by atoms with Gasteiger partial charge in [-0.15, -0.1) is 0 Å². The number of amides is 2. The van der Waals surface area contributed by atoms with Crippen molar-refractivity contribution in [2.75, 3.05) is 25.0 Å². The van der Waals surface area contributed by atoms with Gasteiger partial charge in [-0.3, -0.25) is 4.90 Å². The van der Waals surface area contributed by atoms with Crippen LogP contribution in [0.15, 0.2) is 42.5 Å². The second kappa shape index (κ2) is 7.33. The number of likely N-dealkylation sites (tertiary alicyclic amines) is 1. The Hall–Kier alpha value is -2.60. The maximum absolute atomic E-state index is 12.9. The van der Waals surface area contributed by atoms with Crippen LogP contribution in [0.2, 0.25) is 0 Å². The van der Waals surface area contributed by atoms with Crippen molar-refractivity contribution in [1.29, 1.82) is 0 Å². The molecular weight excluding hydrogens is 333 g/mol. The maximum atomic E-state index is 12.9. The third kappa shape index (κ3) is 3.96. The van der Waals surface area contributed by atoms with Crippen molar-refractivity contribution in [3.8, 4) is 5.75 Å². The maximum Gasteiger partial charge on any atom is 0.319 e. The first-order valence-electron chi connectivity index (χ1n) is 8.96. The molecule has 2 amide bonds. The number of hydrogen-bond acceptors (Lipinski definition) is 3. The molecule has 1 atom stereocenters. The lowest BCUT2D eigenvalue weighted by Crippen LogP contribution is -2.39. The molecule has 0 radical (unpaired) electrons. The van der Waals surface area contributed by atoms with Crippen LogP contribution in [-0.2, 0) is 13.0 Å². The van der Waals surface area contributed by atoms with Crippen LogP contribution in [0.1, 0.15) is 17.5 Å². The standard InChI is InChI=1S/C20H22FN3O2/c21-16-2-4-17(5-3-16)22-20(25)23-18-7-9-24(13-18)12-14-1-6-19-15(11-14)8-10-26-19/h1-6,11,18H,7-10,12-13H2,(H2,22,23,25). The van der Waals surface area contributed by atoms with Crippen molar-refractivity contribution < 1.29 is 13.9 Å². The molecule has 0 bridgehead atoms. The average Bonchev–Trinajstić information content (AvgIpc) is 3.26. The third-order valence-corrected chi connectivity index (χ3v) is 4.87. The van der Waals surface area contributed by atoms with E-state index in [4.69, 9.17) is 4.74 Å². The van der Waals surface area contributed by atoms with Gasteiger partial charge in [0.1, 0.15) is 11.6 Å². The summed E-state index contributed by atoms with van der Waals surface area (Å²) in [7, 11) is 0. The first kappa shape index (κ1) is 16.8. The number of fused-ring (bicyclic) bond motifs is 1. The third-order valence-electron chi connectivity index (χ3n) is 4.87. The summed E-state index contributed by atoms with van der Waals surface area (Å²) in [5.74, 6) is 0.688. The molecule has 2 heterocycles. The normalized spacial score (nSPS) is 19.0. The summed E-state index contributed by atoms with van der Waals surface area (Å²) in [5.41, 5.74) is 3.15. The highest BCUT2D eigenvalue weighted by molar-refractivity contribution is 5.89. The fraction of sp³-hybridized carbons (Fsp3) is 0.350. The van der Waals surface area contributed by atoms with E-state index in [9.17, 15) is 9.18 Å². The Kier molecular flexibility index (Phi) is 4.75. The molecule has 5 nitrogen and oxygen atoms in total. The predicted molar refractivity (Wildman–Crippen MR) is 97.9 cm³/mol. The summed E-state index contributed by atoms with van der Waals surface area (Å²) < 4.78 is 18.5. The Morgan fingerprint density at radius 3 is 2.92 bits per heavy atom. The molecule has 6 heteroatoms. The summed E-state index contributed by atoms with van der Waals surface area (Å²) in [4.78, 5) is 14.4. The molecule has 136 valence electrons. The summed E-state index contributed by atoms with van der Waals surface area (Å²) >= 11 is 0. The number of benzene rings is 2. The Balaban J connectivity index is 1.27. The topological polar surface area (TPSA) is 53.6 Å². The van der Waals surface area contributed by atoms with Crippen LogP contribution in [0, 0.1) is 5.82 Å². The van der Waals surface area contributed by atoms with Crippen LogP contribution < -0.4 is 15.4 Å². The Morgan fingerprint density at radius 1 is 1.23 bits per heavy atom. The van der Waals surface area contributed by atoms with Crippen molar-refractivity contribution >= 4 is 11.7 Å². The second-order valence-electron chi connectivity index (χ2n) is 6.87. The van der Waals surface area contributed by atoms with E-state index in [1.54, 1.807) is 12.1 Å². The van der Waals surface area contributed by atoms with Gasteiger partial charge in [0, 0.05) is 37.8 Å². The molecule has 2 N–H and O–H groups in total. The van der Waals surface area contributed by atoms with E-state index in [-0.39, 0.29) is 17.9 Å². The molecule has 1 fully saturated rings. The van der Waals surface area contributed by atoms with Gasteiger partial charge in [0.2, 0.25) is 0 Å². The monoisotopic (exact) mass is 355 g/mol. The number of carbonyl (C=O) groups excluding carboxylic acids is 1. The molecule has 1 unspecified atom stereocenters. The molecule has 2 aromatic rings. The number of nitrogens with zero attached hydrogens (tertiary/aromatic N) is 1. The zero-order chi connectivity index (χ0) is 17.9. The largest absolute Gasteiger partial charge is 0.493 e. The molecule has 2 aliphatic heterocycles. The quantitative estimate of drug-likeness (QED) is 0.886. The minimum atomic E-state index is -0.319. The number of rotatable bonds is 4. The van der Waals surface area contributed by atoms with E-state index in [1.807, 2.05) is 0 Å². The summed E-state index contributed by atoms with van der Waals surface area (Å²) in [5, 5.41) is 5.73. The number of anilines is 1. The molecule has 1 saturated heterocycles. The molecule has 0 aliphatic carbocycles. The molecule has 0 spiro atoms. The SMILES string of the molecule is O=C(Nc1ccc(F)cc1)NC1CCN(Cc2ccc3c(c2)CCO3)C1. The molecule has 4 rings (SSSR count). The van der Waals surface area contributed by atoms with E-state index >= 15 is 0 Å². The highest BCUT2D eigenvalue weighted by atomic mass is 19.1. The Labute approximate surface area is 152 Å². The van der Waals surface area contributed by atoms with Crippen molar-refractivity contribution in [1.82, 2.24) is 10.2 Å². The first-order chi connectivity index (χ1) is 12.7. The lowest BCUT2D eigenvalue weighted by atomic mass is 10.1. The fourth-order valence-electron chi connectivity index (χ4n) is 3.58. The van der Waals surface area contributed by atoms with E-state index in [0.29, 0.717) is 5.69 Å². The van der Waals surface area contributed by atoms with E-state index in [0.717, 1.165) is 44.8 Å². The van der Waals surface area contributed by atoms with Gasteiger partial charge < -0.3 is 15.4 Å². The van der Waals surface area contributed by atoms with E-state index < -0.39 is 0 Å². The number of urea groups is 1. The average molecular weight is 355 g/mol. The van der Waals surface area contributed by atoms with Gasteiger partial charge in [-0.2, -0.15) is 0 Å². The van der Waals surface area contributed by atoms with Gasteiger partial charge in [0.25, 0.3) is 0 Å². The van der Waals surface area contributed by atoms with Crippen LogP contribution in [-0.4, -0.2) is 36.7 Å². The fourth-order valence-corrected chi connectivity index (χ4v) is 3.58. The van der Waals surface area contributed by atoms with E-state index in [2.05, 4.69) is 33.7 Å². The molecule has 0 saturated carbocycles. The van der Waals surface area contributed by atoms with Crippen molar-refractivity contribution in [3.05, 3.63) is 59.4 Å². The second-order valence-corrected chi connectivity index (χ2v) is 6.87. The zero-order valence-electron chi connectivity index (χ0n) is 14.5. The van der Waals surface area contributed by atoms with Crippen LogP contribution in [0.5, 0.6) is 5.75 Å². The number of hydrogen-bond donors (Lipinski definition) is 2. The van der Waals surface area contributed by atoms with E-state index in [1.165, 1.54) is 23.3 Å². The Bertz CT molecular complexity index is 794. The van der Waals surface area contributed by atoms with Crippen LogP contribution >= 0.6 is 0 Å². The highest BCUT2D eigenvalue weighted by Gasteiger charge is 2.24. The molecule has 26 heavy (non-hydrogen) atoms. The molecule has 2 aromatic carbocycles. The summed E-state index contributed by atoms with van der Waals surface area (Å²) in [6.45, 7) is 3.43. The summed E-state index contributed by atoms with van der Waals surface area (Å²) in [6, 6.07) is 12.0. The number of ether oxygens (including phenoxy) is 1. The van der Waals surface area contributed by atoms with Gasteiger partial charge in [-0.05, 0) is 47.9 Å². The summed E-state index contributed by atoms with van der Waals surface area (Å²) in [6.07, 6.45) is 1.90. The molecule has 0 aromatic heterocycles. The van der Waals surface area contributed by atoms with Crippen LogP contribution in [0.25, 0.3) is 0 Å². The molecular formula is C20H22FN3O2. The van der Waals surface area contributed by atoms with Gasteiger partial charge in [-0.1, -0.05) is 12.1 Å². The van der Waals surface area contributed by atoms with Gasteiger partial charge in [0.05, 0.1) is 6.61 Å². The smallest absolute Gasteiger partial charge is 0.319 e. The predicted octanol–water partition coefficient (Wildman–Crippen LogP) is 3.16.